The summed E-state index contributed by atoms with van der Waals surface area (Å²) in [6.07, 6.45) is 0. The Morgan fingerprint density at radius 2 is 1.83 bits per heavy atom. The lowest BCUT2D eigenvalue weighted by molar-refractivity contribution is -0.117. The number of benzene rings is 1. The SMILES string of the molecule is O=C(CN1CCSCC1)Nc1cc(Cl)cc(Cl)c1. The van der Waals surface area contributed by atoms with E-state index < -0.39 is 0 Å². The molecule has 0 spiro atoms. The Hall–Kier alpha value is -0.420. The van der Waals surface area contributed by atoms with Crippen LogP contribution < -0.4 is 5.32 Å². The van der Waals surface area contributed by atoms with E-state index >= 15 is 0 Å². The average Bonchev–Trinajstić information content (AvgIpc) is 2.28. The number of hydrogen-bond donors (Lipinski definition) is 1. The molecule has 98 valence electrons. The van der Waals surface area contributed by atoms with E-state index in [2.05, 4.69) is 10.2 Å². The van der Waals surface area contributed by atoms with Gasteiger partial charge in [-0.15, -0.1) is 0 Å². The van der Waals surface area contributed by atoms with Gasteiger partial charge >= 0.3 is 0 Å². The molecule has 0 unspecified atom stereocenters. The number of rotatable bonds is 3. The summed E-state index contributed by atoms with van der Waals surface area (Å²) in [5.74, 6) is 2.16. The van der Waals surface area contributed by atoms with Crippen LogP contribution >= 0.6 is 35.0 Å². The highest BCUT2D eigenvalue weighted by molar-refractivity contribution is 7.99. The maximum Gasteiger partial charge on any atom is 0.238 e. The number of hydrogen-bond acceptors (Lipinski definition) is 3. The van der Waals surface area contributed by atoms with E-state index in [1.165, 1.54) is 0 Å². The third-order valence-electron chi connectivity index (χ3n) is 2.62. The van der Waals surface area contributed by atoms with Crippen molar-refractivity contribution in [2.24, 2.45) is 0 Å². The molecule has 0 radical (unpaired) electrons. The average molecular weight is 305 g/mol. The van der Waals surface area contributed by atoms with Crippen molar-refractivity contribution in [1.29, 1.82) is 0 Å². The van der Waals surface area contributed by atoms with Crippen LogP contribution in [0, 0.1) is 0 Å². The predicted molar refractivity (Wildman–Crippen MR) is 78.9 cm³/mol. The summed E-state index contributed by atoms with van der Waals surface area (Å²) in [6.45, 7) is 2.35. The molecule has 6 heteroatoms. The quantitative estimate of drug-likeness (QED) is 0.932. The first kappa shape index (κ1) is 14.0. The van der Waals surface area contributed by atoms with Gasteiger partial charge in [-0.3, -0.25) is 9.69 Å². The number of halogens is 2. The Balaban J connectivity index is 1.89. The standard InChI is InChI=1S/C12H14Cl2N2OS/c13-9-5-10(14)7-11(6-9)15-12(17)8-16-1-3-18-4-2-16/h5-7H,1-4,8H2,(H,15,17). The fraction of sp³-hybridized carbons (Fsp3) is 0.417. The molecule has 1 N–H and O–H groups in total. The largest absolute Gasteiger partial charge is 0.325 e. The minimum atomic E-state index is -0.0276. The zero-order chi connectivity index (χ0) is 13.0. The first-order chi connectivity index (χ1) is 8.63. The van der Waals surface area contributed by atoms with Gasteiger partial charge in [0.25, 0.3) is 0 Å². The zero-order valence-electron chi connectivity index (χ0n) is 9.79. The Labute approximate surface area is 121 Å². The van der Waals surface area contributed by atoms with Gasteiger partial charge in [-0.25, -0.2) is 0 Å². The molecule has 0 bridgehead atoms. The normalized spacial score (nSPS) is 16.6. The van der Waals surface area contributed by atoms with E-state index in [0.29, 0.717) is 22.3 Å². The number of nitrogens with one attached hydrogen (secondary N) is 1. The lowest BCUT2D eigenvalue weighted by atomic mass is 10.3. The maximum atomic E-state index is 11.9. The Kier molecular flexibility index (Phi) is 5.18. The molecule has 2 rings (SSSR count). The fourth-order valence-electron chi connectivity index (χ4n) is 1.79. The number of carbonyl (C=O) groups excluding carboxylic acids is 1. The first-order valence-electron chi connectivity index (χ1n) is 5.69. The van der Waals surface area contributed by atoms with E-state index in [0.717, 1.165) is 24.6 Å². The molecular formula is C12H14Cl2N2OS. The Morgan fingerprint density at radius 3 is 2.44 bits per heavy atom. The van der Waals surface area contributed by atoms with Gasteiger partial charge in [0.15, 0.2) is 0 Å². The smallest absolute Gasteiger partial charge is 0.238 e. The summed E-state index contributed by atoms with van der Waals surface area (Å²) in [7, 11) is 0. The summed E-state index contributed by atoms with van der Waals surface area (Å²) in [5.41, 5.74) is 0.642. The van der Waals surface area contributed by atoms with Crippen molar-refractivity contribution in [1.82, 2.24) is 4.90 Å². The van der Waals surface area contributed by atoms with Crippen molar-refractivity contribution in [3.05, 3.63) is 28.2 Å². The first-order valence-corrected chi connectivity index (χ1v) is 7.60. The van der Waals surface area contributed by atoms with Crippen LogP contribution in [-0.4, -0.2) is 41.9 Å². The minimum Gasteiger partial charge on any atom is -0.325 e. The molecule has 18 heavy (non-hydrogen) atoms. The van der Waals surface area contributed by atoms with Crippen molar-refractivity contribution in [3.63, 3.8) is 0 Å². The Morgan fingerprint density at radius 1 is 1.22 bits per heavy atom. The van der Waals surface area contributed by atoms with Crippen LogP contribution in [0.15, 0.2) is 18.2 Å². The number of carbonyl (C=O) groups is 1. The second-order valence-electron chi connectivity index (χ2n) is 4.09. The molecule has 1 fully saturated rings. The molecule has 0 atom stereocenters. The topological polar surface area (TPSA) is 32.3 Å². The van der Waals surface area contributed by atoms with Gasteiger partial charge in [-0.2, -0.15) is 11.8 Å². The van der Waals surface area contributed by atoms with Crippen molar-refractivity contribution in [2.75, 3.05) is 36.5 Å². The van der Waals surface area contributed by atoms with E-state index in [9.17, 15) is 4.79 Å². The highest BCUT2D eigenvalue weighted by atomic mass is 35.5. The second kappa shape index (κ2) is 6.66. The number of anilines is 1. The van der Waals surface area contributed by atoms with Gasteiger partial charge in [0.1, 0.15) is 0 Å². The summed E-state index contributed by atoms with van der Waals surface area (Å²) >= 11 is 13.7. The predicted octanol–water partition coefficient (Wildman–Crippen LogP) is 2.98. The van der Waals surface area contributed by atoms with Crippen LogP contribution in [0.3, 0.4) is 0 Å². The van der Waals surface area contributed by atoms with E-state index in [4.69, 9.17) is 23.2 Å². The van der Waals surface area contributed by atoms with Gasteiger partial charge < -0.3 is 5.32 Å². The summed E-state index contributed by atoms with van der Waals surface area (Å²) < 4.78 is 0. The molecule has 0 aromatic heterocycles. The van der Waals surface area contributed by atoms with Crippen LogP contribution in [-0.2, 0) is 4.79 Å². The minimum absolute atomic E-state index is 0.0276. The number of amides is 1. The Bertz CT molecular complexity index is 416. The van der Waals surface area contributed by atoms with Gasteiger partial charge in [0, 0.05) is 40.3 Å². The molecule has 1 aliphatic rings. The molecule has 1 aliphatic heterocycles. The molecule has 1 saturated heterocycles. The van der Waals surface area contributed by atoms with E-state index in [-0.39, 0.29) is 5.91 Å². The van der Waals surface area contributed by atoms with Crippen molar-refractivity contribution in [3.8, 4) is 0 Å². The molecule has 1 aromatic carbocycles. The molecule has 0 saturated carbocycles. The summed E-state index contributed by atoms with van der Waals surface area (Å²) in [4.78, 5) is 14.0. The highest BCUT2D eigenvalue weighted by Crippen LogP contribution is 2.22. The van der Waals surface area contributed by atoms with Gasteiger partial charge in [-0.1, -0.05) is 23.2 Å². The fourth-order valence-corrected chi connectivity index (χ4v) is 3.29. The van der Waals surface area contributed by atoms with Crippen molar-refractivity contribution in [2.45, 2.75) is 0 Å². The van der Waals surface area contributed by atoms with E-state index in [1.807, 2.05) is 11.8 Å². The third-order valence-corrected chi connectivity index (χ3v) is 4.00. The molecular weight excluding hydrogens is 291 g/mol. The summed E-state index contributed by atoms with van der Waals surface area (Å²) in [5, 5.41) is 3.86. The maximum absolute atomic E-state index is 11.9. The lowest BCUT2D eigenvalue weighted by Gasteiger charge is -2.25. The number of nitrogens with zero attached hydrogens (tertiary/aromatic N) is 1. The number of thioether (sulfide) groups is 1. The van der Waals surface area contributed by atoms with Crippen LogP contribution in [0.2, 0.25) is 10.0 Å². The third kappa shape index (κ3) is 4.35. The van der Waals surface area contributed by atoms with Gasteiger partial charge in [0.2, 0.25) is 5.91 Å². The molecule has 0 aliphatic carbocycles. The van der Waals surface area contributed by atoms with Gasteiger partial charge in [0.05, 0.1) is 6.54 Å². The van der Waals surface area contributed by atoms with Crippen LogP contribution in [0.25, 0.3) is 0 Å². The molecule has 3 nitrogen and oxygen atoms in total. The second-order valence-corrected chi connectivity index (χ2v) is 6.19. The van der Waals surface area contributed by atoms with Crippen LogP contribution in [0.5, 0.6) is 0 Å². The lowest BCUT2D eigenvalue weighted by Crippen LogP contribution is -2.38. The monoisotopic (exact) mass is 304 g/mol. The zero-order valence-corrected chi connectivity index (χ0v) is 12.1. The van der Waals surface area contributed by atoms with Crippen LogP contribution in [0.4, 0.5) is 5.69 Å². The van der Waals surface area contributed by atoms with E-state index in [1.54, 1.807) is 18.2 Å². The van der Waals surface area contributed by atoms with Gasteiger partial charge in [-0.05, 0) is 18.2 Å². The molecule has 1 aromatic rings. The van der Waals surface area contributed by atoms with Crippen LogP contribution in [0.1, 0.15) is 0 Å². The van der Waals surface area contributed by atoms with Crippen molar-refractivity contribution >= 4 is 46.6 Å². The summed E-state index contributed by atoms with van der Waals surface area (Å²) in [6, 6.07) is 5.02. The van der Waals surface area contributed by atoms with Crippen molar-refractivity contribution < 1.29 is 4.79 Å². The highest BCUT2D eigenvalue weighted by Gasteiger charge is 2.14. The molecule has 1 heterocycles. The molecule has 1 amide bonds.